The molecule has 156 valence electrons. The van der Waals surface area contributed by atoms with Crippen molar-refractivity contribution in [2.75, 3.05) is 11.1 Å². The Hall–Kier alpha value is -2.51. The number of nitrogens with one attached hydrogen (secondary N) is 1. The molecule has 3 aromatic rings. The third-order valence-corrected chi connectivity index (χ3v) is 5.98. The van der Waals surface area contributed by atoms with Gasteiger partial charge < -0.3 is 14.5 Å². The van der Waals surface area contributed by atoms with E-state index in [0.29, 0.717) is 21.8 Å². The molecule has 0 bridgehead atoms. The molecular weight excluding hydrogens is 422 g/mol. The first-order chi connectivity index (χ1) is 14.6. The summed E-state index contributed by atoms with van der Waals surface area (Å²) < 4.78 is 11.4. The molecule has 0 saturated carbocycles. The normalized spacial score (nSPS) is 13.0. The number of carbonyl (C=O) groups is 1. The zero-order valence-electron chi connectivity index (χ0n) is 16.6. The van der Waals surface area contributed by atoms with E-state index in [1.54, 1.807) is 12.1 Å². The second kappa shape index (κ2) is 9.53. The zero-order chi connectivity index (χ0) is 20.9. The average Bonchev–Trinajstić information content (AvgIpc) is 3.21. The Morgan fingerprint density at radius 2 is 2.00 bits per heavy atom. The number of rotatable bonds is 7. The second-order valence-electron chi connectivity index (χ2n) is 7.18. The van der Waals surface area contributed by atoms with Gasteiger partial charge in [-0.05, 0) is 73.6 Å². The third kappa shape index (κ3) is 5.34. The van der Waals surface area contributed by atoms with Gasteiger partial charge in [-0.1, -0.05) is 35.5 Å². The molecule has 0 radical (unpaired) electrons. The summed E-state index contributed by atoms with van der Waals surface area (Å²) in [6, 6.07) is 11.6. The van der Waals surface area contributed by atoms with Gasteiger partial charge in [0.2, 0.25) is 5.91 Å². The minimum atomic E-state index is -0.171. The molecule has 0 spiro atoms. The number of hydrogen-bond donors (Lipinski definition) is 1. The topological polar surface area (TPSA) is 77.2 Å². The van der Waals surface area contributed by atoms with E-state index >= 15 is 0 Å². The minimum absolute atomic E-state index is 0.152. The van der Waals surface area contributed by atoms with Gasteiger partial charge in [0.25, 0.3) is 11.1 Å². The van der Waals surface area contributed by atoms with Gasteiger partial charge in [0, 0.05) is 10.7 Å². The maximum absolute atomic E-state index is 12.2. The molecule has 8 heteroatoms. The van der Waals surface area contributed by atoms with Crippen molar-refractivity contribution in [1.82, 2.24) is 10.2 Å². The van der Waals surface area contributed by atoms with Crippen LogP contribution in [-0.4, -0.2) is 21.9 Å². The van der Waals surface area contributed by atoms with Crippen molar-refractivity contribution < 1.29 is 13.9 Å². The molecule has 0 unspecified atom stereocenters. The Kier molecular flexibility index (Phi) is 6.59. The van der Waals surface area contributed by atoms with Crippen LogP contribution < -0.4 is 10.1 Å². The number of aromatic nitrogens is 2. The molecule has 0 fully saturated rings. The third-order valence-electron chi connectivity index (χ3n) is 4.93. The van der Waals surface area contributed by atoms with Crippen molar-refractivity contribution in [2.24, 2.45) is 0 Å². The highest BCUT2D eigenvalue weighted by Crippen LogP contribution is 2.26. The van der Waals surface area contributed by atoms with Gasteiger partial charge in [-0.15, -0.1) is 10.2 Å². The number of aryl methyl sites for hydroxylation is 3. The molecule has 1 N–H and O–H groups in total. The number of halogens is 1. The summed E-state index contributed by atoms with van der Waals surface area (Å²) in [4.78, 5) is 12.2. The van der Waals surface area contributed by atoms with E-state index in [9.17, 15) is 4.79 Å². The smallest absolute Gasteiger partial charge is 0.277 e. The molecule has 4 rings (SSSR count). The highest BCUT2D eigenvalue weighted by atomic mass is 35.5. The number of hydrogen-bond acceptors (Lipinski definition) is 6. The molecule has 1 aromatic heterocycles. The molecule has 2 aromatic carbocycles. The first kappa shape index (κ1) is 20.8. The lowest BCUT2D eigenvalue weighted by atomic mass is 9.92. The largest absolute Gasteiger partial charge is 0.484 e. The van der Waals surface area contributed by atoms with Gasteiger partial charge in [-0.25, -0.2) is 0 Å². The first-order valence-corrected chi connectivity index (χ1v) is 11.2. The van der Waals surface area contributed by atoms with Crippen molar-refractivity contribution in [3.8, 4) is 5.75 Å². The van der Waals surface area contributed by atoms with Crippen molar-refractivity contribution >= 4 is 35.0 Å². The summed E-state index contributed by atoms with van der Waals surface area (Å²) in [5, 5.41) is 11.7. The van der Waals surface area contributed by atoms with Crippen molar-refractivity contribution in [3.05, 3.63) is 64.0 Å². The van der Waals surface area contributed by atoms with Crippen LogP contribution in [0.5, 0.6) is 5.75 Å². The maximum Gasteiger partial charge on any atom is 0.277 e. The van der Waals surface area contributed by atoms with E-state index in [2.05, 4.69) is 27.6 Å². The van der Waals surface area contributed by atoms with Crippen molar-refractivity contribution in [3.63, 3.8) is 0 Å². The summed E-state index contributed by atoms with van der Waals surface area (Å²) >= 11 is 7.16. The molecule has 0 atom stereocenters. The minimum Gasteiger partial charge on any atom is -0.484 e. The Labute approximate surface area is 184 Å². The van der Waals surface area contributed by atoms with Gasteiger partial charge in [0.1, 0.15) is 5.75 Å². The molecule has 1 amide bonds. The zero-order valence-corrected chi connectivity index (χ0v) is 18.2. The molecule has 0 saturated heterocycles. The number of nitrogens with zero attached hydrogens (tertiary/aromatic N) is 2. The van der Waals surface area contributed by atoms with Crippen LogP contribution >= 0.6 is 23.4 Å². The quantitative estimate of drug-likeness (QED) is 0.504. The van der Waals surface area contributed by atoms with Crippen LogP contribution in [0.25, 0.3) is 0 Å². The summed E-state index contributed by atoms with van der Waals surface area (Å²) in [5.74, 6) is 1.16. The standard InChI is InChI=1S/C22H22ClN3O3S/c1-14-6-8-17(23)11-19(14)24-20(27)13-30-22-26-25-21(29-22)12-28-18-9-7-15-4-2-3-5-16(15)10-18/h6-11H,2-5,12-13H2,1H3,(H,24,27). The van der Waals surface area contributed by atoms with Gasteiger partial charge in [0.15, 0.2) is 6.61 Å². The van der Waals surface area contributed by atoms with Gasteiger partial charge in [-0.3, -0.25) is 4.79 Å². The Morgan fingerprint density at radius 3 is 2.87 bits per heavy atom. The lowest BCUT2D eigenvalue weighted by Crippen LogP contribution is -2.14. The number of ether oxygens (including phenoxy) is 1. The van der Waals surface area contributed by atoms with Crippen LogP contribution in [-0.2, 0) is 24.2 Å². The predicted molar refractivity (Wildman–Crippen MR) is 117 cm³/mol. The van der Waals surface area contributed by atoms with Crippen molar-refractivity contribution in [2.45, 2.75) is 44.4 Å². The predicted octanol–water partition coefficient (Wildman–Crippen LogP) is 5.22. The van der Waals surface area contributed by atoms with Crippen LogP contribution in [0.3, 0.4) is 0 Å². The highest BCUT2D eigenvalue weighted by Gasteiger charge is 2.13. The van der Waals surface area contributed by atoms with Crippen LogP contribution in [0.4, 0.5) is 5.69 Å². The molecule has 30 heavy (non-hydrogen) atoms. The number of thioether (sulfide) groups is 1. The summed E-state index contributed by atoms with van der Waals surface area (Å²) in [6.45, 7) is 2.10. The number of amides is 1. The summed E-state index contributed by atoms with van der Waals surface area (Å²) in [7, 11) is 0. The number of carbonyl (C=O) groups excluding carboxylic acids is 1. The number of anilines is 1. The number of fused-ring (bicyclic) bond motifs is 1. The van der Waals surface area contributed by atoms with Gasteiger partial charge in [0.05, 0.1) is 5.75 Å². The van der Waals surface area contributed by atoms with E-state index in [4.69, 9.17) is 20.8 Å². The first-order valence-electron chi connectivity index (χ1n) is 9.82. The van der Waals surface area contributed by atoms with Crippen LogP contribution in [0.1, 0.15) is 35.4 Å². The fourth-order valence-corrected chi connectivity index (χ4v) is 4.09. The molecule has 6 nitrogen and oxygen atoms in total. The molecule has 1 aliphatic rings. The summed E-state index contributed by atoms with van der Waals surface area (Å²) in [5.41, 5.74) is 4.41. The SMILES string of the molecule is Cc1ccc(Cl)cc1NC(=O)CSc1nnc(COc2ccc3c(c2)CCCC3)o1. The lowest BCUT2D eigenvalue weighted by molar-refractivity contribution is -0.113. The Bertz CT molecular complexity index is 1050. The van der Waals surface area contributed by atoms with Gasteiger partial charge in [-0.2, -0.15) is 0 Å². The average molecular weight is 444 g/mol. The molecule has 1 heterocycles. The molecule has 0 aliphatic heterocycles. The Balaban J connectivity index is 1.27. The van der Waals surface area contributed by atoms with Gasteiger partial charge >= 0.3 is 0 Å². The fraction of sp³-hybridized carbons (Fsp3) is 0.318. The van der Waals surface area contributed by atoms with E-state index in [0.717, 1.165) is 24.2 Å². The van der Waals surface area contributed by atoms with Crippen LogP contribution in [0, 0.1) is 6.92 Å². The maximum atomic E-state index is 12.2. The van der Waals surface area contributed by atoms with E-state index in [-0.39, 0.29) is 18.3 Å². The van der Waals surface area contributed by atoms with E-state index in [1.165, 1.54) is 35.7 Å². The summed E-state index contributed by atoms with van der Waals surface area (Å²) in [6.07, 6.45) is 4.73. The Morgan fingerprint density at radius 1 is 1.17 bits per heavy atom. The molecule has 1 aliphatic carbocycles. The van der Waals surface area contributed by atoms with E-state index < -0.39 is 0 Å². The number of benzene rings is 2. The molecular formula is C22H22ClN3O3S. The van der Waals surface area contributed by atoms with Crippen LogP contribution in [0.2, 0.25) is 5.02 Å². The lowest BCUT2D eigenvalue weighted by Gasteiger charge is -2.16. The second-order valence-corrected chi connectivity index (χ2v) is 8.55. The van der Waals surface area contributed by atoms with E-state index in [1.807, 2.05) is 19.1 Å². The highest BCUT2D eigenvalue weighted by molar-refractivity contribution is 7.99. The fourth-order valence-electron chi connectivity index (χ4n) is 3.34. The van der Waals surface area contributed by atoms with Crippen molar-refractivity contribution in [1.29, 1.82) is 0 Å². The monoisotopic (exact) mass is 443 g/mol. The van der Waals surface area contributed by atoms with Crippen LogP contribution in [0.15, 0.2) is 46.0 Å².